The van der Waals surface area contributed by atoms with Crippen LogP contribution in [-0.2, 0) is 18.1 Å². The largest absolute Gasteiger partial charge is 0.489 e. The van der Waals surface area contributed by atoms with Gasteiger partial charge in [0.1, 0.15) is 25.7 Å². The number of carbonyl (C=O) groups excluding carboxylic acids is 1. The third kappa shape index (κ3) is 6.78. The average molecular weight is 440 g/mol. The highest BCUT2D eigenvalue weighted by molar-refractivity contribution is 6.30. The first kappa shape index (κ1) is 21.7. The van der Waals surface area contributed by atoms with E-state index < -0.39 is 12.8 Å². The number of aromatic nitrogens is 2. The third-order valence-electron chi connectivity index (χ3n) is 3.80. The van der Waals surface area contributed by atoms with E-state index in [0.29, 0.717) is 28.6 Å². The first-order valence-electron chi connectivity index (χ1n) is 8.74. The smallest absolute Gasteiger partial charge is 0.411 e. The molecule has 158 valence electrons. The fourth-order valence-corrected chi connectivity index (χ4v) is 2.61. The van der Waals surface area contributed by atoms with E-state index in [4.69, 9.17) is 16.3 Å². The Balaban J connectivity index is 1.50. The lowest BCUT2D eigenvalue weighted by Crippen LogP contribution is -2.18. The number of halogens is 4. The van der Waals surface area contributed by atoms with Gasteiger partial charge in [-0.3, -0.25) is 4.79 Å². The lowest BCUT2D eigenvalue weighted by molar-refractivity contribution is -0.182. The molecule has 0 atom stereocenters. The Labute approximate surface area is 175 Å². The van der Waals surface area contributed by atoms with Crippen molar-refractivity contribution in [3.63, 3.8) is 0 Å². The van der Waals surface area contributed by atoms with Gasteiger partial charge in [0.25, 0.3) is 5.91 Å². The molecule has 0 aliphatic carbocycles. The minimum absolute atomic E-state index is 0.312. The van der Waals surface area contributed by atoms with Crippen LogP contribution < -0.4 is 10.1 Å². The Morgan fingerprint density at radius 1 is 1.17 bits per heavy atom. The summed E-state index contributed by atoms with van der Waals surface area (Å²) in [5.41, 5.74) is 1.60. The van der Waals surface area contributed by atoms with E-state index in [2.05, 4.69) is 15.2 Å². The second-order valence-corrected chi connectivity index (χ2v) is 6.69. The Morgan fingerprint density at radius 3 is 2.63 bits per heavy atom. The van der Waals surface area contributed by atoms with Crippen molar-refractivity contribution in [2.75, 3.05) is 11.9 Å². The molecule has 1 amide bonds. The minimum atomic E-state index is -4.41. The van der Waals surface area contributed by atoms with E-state index in [0.717, 1.165) is 10.2 Å². The summed E-state index contributed by atoms with van der Waals surface area (Å²) < 4.78 is 47.5. The first-order valence-corrected chi connectivity index (χ1v) is 9.12. The van der Waals surface area contributed by atoms with Crippen LogP contribution in [0.15, 0.2) is 60.9 Å². The Hall–Kier alpha value is -3.04. The molecule has 0 unspecified atom stereocenters. The zero-order chi connectivity index (χ0) is 21.6. The lowest BCUT2D eigenvalue weighted by atomic mass is 10.1. The van der Waals surface area contributed by atoms with E-state index in [1.165, 1.54) is 12.4 Å². The highest BCUT2D eigenvalue weighted by Gasteiger charge is 2.27. The van der Waals surface area contributed by atoms with Crippen LogP contribution in [0, 0.1) is 0 Å². The number of anilines is 1. The number of carbonyl (C=O) groups is 1. The topological polar surface area (TPSA) is 65.4 Å². The minimum Gasteiger partial charge on any atom is -0.489 e. The molecule has 0 aliphatic heterocycles. The molecule has 6 nitrogen and oxygen atoms in total. The van der Waals surface area contributed by atoms with Gasteiger partial charge in [-0.1, -0.05) is 29.8 Å². The van der Waals surface area contributed by atoms with Crippen LogP contribution in [0.25, 0.3) is 0 Å². The van der Waals surface area contributed by atoms with Crippen LogP contribution in [-0.4, -0.2) is 28.5 Å². The normalized spacial score (nSPS) is 11.3. The van der Waals surface area contributed by atoms with Gasteiger partial charge < -0.3 is 14.8 Å². The van der Waals surface area contributed by atoms with Gasteiger partial charge in [-0.2, -0.15) is 18.3 Å². The zero-order valence-electron chi connectivity index (χ0n) is 15.5. The first-order chi connectivity index (χ1) is 14.3. The molecule has 0 saturated carbocycles. The second kappa shape index (κ2) is 9.64. The van der Waals surface area contributed by atoms with Crippen molar-refractivity contribution < 1.29 is 27.4 Å². The molecule has 2 aromatic carbocycles. The van der Waals surface area contributed by atoms with Gasteiger partial charge in [-0.15, -0.1) is 0 Å². The molecular weight excluding hydrogens is 423 g/mol. The molecule has 3 rings (SSSR count). The maximum absolute atomic E-state index is 12.3. The summed E-state index contributed by atoms with van der Waals surface area (Å²) >= 11 is 5.91. The van der Waals surface area contributed by atoms with Crippen molar-refractivity contribution in [2.24, 2.45) is 0 Å². The maximum atomic E-state index is 12.3. The van der Waals surface area contributed by atoms with Crippen molar-refractivity contribution in [3.8, 4) is 5.75 Å². The fraction of sp³-hybridized carbons (Fsp3) is 0.200. The van der Waals surface area contributed by atoms with Crippen molar-refractivity contribution in [1.82, 2.24) is 9.78 Å². The number of nitrogens with zero attached hydrogens (tertiary/aromatic N) is 2. The van der Waals surface area contributed by atoms with Crippen molar-refractivity contribution in [2.45, 2.75) is 19.5 Å². The SMILES string of the molecule is O=C(Nc1cnn(COCC(F)(F)F)c1)c1ccc(COc2cccc(Cl)c2)cc1. The van der Waals surface area contributed by atoms with Gasteiger partial charge in [0.05, 0.1) is 18.1 Å². The third-order valence-corrected chi connectivity index (χ3v) is 4.03. The van der Waals surface area contributed by atoms with Gasteiger partial charge in [0.2, 0.25) is 0 Å². The Bertz CT molecular complexity index is 991. The molecule has 1 N–H and O–H groups in total. The van der Waals surface area contributed by atoms with E-state index in [-0.39, 0.29) is 12.6 Å². The predicted molar refractivity (Wildman–Crippen MR) is 104 cm³/mol. The second-order valence-electron chi connectivity index (χ2n) is 6.26. The summed E-state index contributed by atoms with van der Waals surface area (Å²) in [4.78, 5) is 12.3. The molecule has 0 radical (unpaired) electrons. The predicted octanol–water partition coefficient (Wildman–Crippen LogP) is 4.90. The molecule has 0 saturated heterocycles. The number of ether oxygens (including phenoxy) is 2. The van der Waals surface area contributed by atoms with Crippen LogP contribution in [0.3, 0.4) is 0 Å². The number of benzene rings is 2. The summed E-state index contributed by atoms with van der Waals surface area (Å²) in [6.45, 7) is -1.44. The molecule has 10 heteroatoms. The molecule has 3 aromatic rings. The number of rotatable bonds is 8. The van der Waals surface area contributed by atoms with Gasteiger partial charge in [-0.05, 0) is 35.9 Å². The van der Waals surface area contributed by atoms with E-state index in [1.54, 1.807) is 48.5 Å². The van der Waals surface area contributed by atoms with E-state index in [1.807, 2.05) is 0 Å². The van der Waals surface area contributed by atoms with Crippen LogP contribution in [0.1, 0.15) is 15.9 Å². The Morgan fingerprint density at radius 2 is 1.93 bits per heavy atom. The lowest BCUT2D eigenvalue weighted by Gasteiger charge is -2.08. The summed E-state index contributed by atoms with van der Waals surface area (Å²) in [6, 6.07) is 13.8. The Kier molecular flexibility index (Phi) is 6.96. The van der Waals surface area contributed by atoms with Crippen LogP contribution in [0.5, 0.6) is 5.75 Å². The number of hydrogen-bond acceptors (Lipinski definition) is 4. The van der Waals surface area contributed by atoms with Gasteiger partial charge in [0, 0.05) is 10.6 Å². The van der Waals surface area contributed by atoms with Crippen LogP contribution in [0.2, 0.25) is 5.02 Å². The quantitative estimate of drug-likeness (QED) is 0.542. The van der Waals surface area contributed by atoms with Gasteiger partial charge >= 0.3 is 6.18 Å². The molecule has 0 bridgehead atoms. The summed E-state index contributed by atoms with van der Waals surface area (Å²) in [7, 11) is 0. The standard InChI is InChI=1S/C20H17ClF3N3O3/c21-16-2-1-3-18(8-16)30-11-14-4-6-15(7-5-14)19(28)26-17-9-25-27(10-17)13-29-12-20(22,23)24/h1-10H,11-13H2,(H,26,28). The molecule has 1 aromatic heterocycles. The van der Waals surface area contributed by atoms with Crippen LogP contribution >= 0.6 is 11.6 Å². The van der Waals surface area contributed by atoms with Crippen molar-refractivity contribution >= 4 is 23.2 Å². The average Bonchev–Trinajstić information content (AvgIpc) is 3.13. The summed E-state index contributed by atoms with van der Waals surface area (Å²) in [6.07, 6.45) is -1.71. The number of alkyl halides is 3. The van der Waals surface area contributed by atoms with Gasteiger partial charge in [0.15, 0.2) is 0 Å². The summed E-state index contributed by atoms with van der Waals surface area (Å²) in [5, 5.41) is 7.04. The van der Waals surface area contributed by atoms with Crippen LogP contribution in [0.4, 0.5) is 18.9 Å². The zero-order valence-corrected chi connectivity index (χ0v) is 16.3. The van der Waals surface area contributed by atoms with Crippen molar-refractivity contribution in [3.05, 3.63) is 77.1 Å². The molecule has 0 aliphatic rings. The van der Waals surface area contributed by atoms with E-state index >= 15 is 0 Å². The van der Waals surface area contributed by atoms with E-state index in [9.17, 15) is 18.0 Å². The molecule has 1 heterocycles. The highest BCUT2D eigenvalue weighted by atomic mass is 35.5. The maximum Gasteiger partial charge on any atom is 0.411 e. The molecule has 0 spiro atoms. The van der Waals surface area contributed by atoms with Gasteiger partial charge in [-0.25, -0.2) is 4.68 Å². The number of nitrogens with one attached hydrogen (secondary N) is 1. The number of amides is 1. The monoisotopic (exact) mass is 439 g/mol. The molecular formula is C20H17ClF3N3O3. The molecule has 0 fully saturated rings. The highest BCUT2D eigenvalue weighted by Crippen LogP contribution is 2.19. The van der Waals surface area contributed by atoms with Crippen molar-refractivity contribution in [1.29, 1.82) is 0 Å². The summed E-state index contributed by atoms with van der Waals surface area (Å²) in [5.74, 6) is 0.258. The number of hydrogen-bond donors (Lipinski definition) is 1. The fourth-order valence-electron chi connectivity index (χ4n) is 2.43. The molecule has 30 heavy (non-hydrogen) atoms.